The highest BCUT2D eigenvalue weighted by atomic mass is 16.8. The topological polar surface area (TPSA) is 111 Å². The Morgan fingerprint density at radius 3 is 2.28 bits per heavy atom. The Morgan fingerprint density at radius 1 is 1.28 bits per heavy atom. The van der Waals surface area contributed by atoms with Crippen LogP contribution in [-0.4, -0.2) is 64.3 Å². The van der Waals surface area contributed by atoms with Crippen LogP contribution in [0.2, 0.25) is 0 Å². The normalized spacial score (nSPS) is 32.4. The molecular formula is C17H30N2O6. The molecule has 5 atom stereocenters. The molecule has 25 heavy (non-hydrogen) atoms. The minimum Gasteiger partial charge on any atom is -0.444 e. The van der Waals surface area contributed by atoms with Gasteiger partial charge in [0.2, 0.25) is 5.91 Å². The summed E-state index contributed by atoms with van der Waals surface area (Å²) in [7, 11) is 0. The van der Waals surface area contributed by atoms with Crippen LogP contribution < -0.4 is 5.73 Å². The summed E-state index contributed by atoms with van der Waals surface area (Å²) in [6.07, 6.45) is -0.945. The number of amides is 2. The van der Waals surface area contributed by atoms with E-state index in [1.807, 2.05) is 6.92 Å². The van der Waals surface area contributed by atoms with E-state index in [0.29, 0.717) is 6.42 Å². The minimum absolute atomic E-state index is 0.333. The Morgan fingerprint density at radius 2 is 1.84 bits per heavy atom. The van der Waals surface area contributed by atoms with Gasteiger partial charge in [-0.2, -0.15) is 0 Å². The second-order valence-corrected chi connectivity index (χ2v) is 8.11. The molecule has 2 amide bonds. The zero-order valence-corrected chi connectivity index (χ0v) is 15.8. The molecule has 0 bridgehead atoms. The average Bonchev–Trinajstić information content (AvgIpc) is 2.88. The van der Waals surface area contributed by atoms with Crippen LogP contribution in [0.5, 0.6) is 0 Å². The SMILES string of the molecule is CC[C@@H]1[C@H]2OC(C)(C)O[C@H]2C(C(CO)C(N)=O)N1C(=O)OC(C)(C)C. The fourth-order valence-corrected chi connectivity index (χ4v) is 3.71. The first-order valence-electron chi connectivity index (χ1n) is 8.69. The molecule has 0 aromatic heterocycles. The number of nitrogens with two attached hydrogens (primary N) is 1. The molecule has 2 fully saturated rings. The van der Waals surface area contributed by atoms with Crippen molar-refractivity contribution in [2.75, 3.05) is 6.61 Å². The number of ether oxygens (including phenoxy) is 3. The maximum absolute atomic E-state index is 12.8. The van der Waals surface area contributed by atoms with E-state index in [-0.39, 0.29) is 6.04 Å². The number of aliphatic hydroxyl groups excluding tert-OH is 1. The number of primary amides is 1. The molecule has 144 valence electrons. The summed E-state index contributed by atoms with van der Waals surface area (Å²) < 4.78 is 17.5. The molecule has 0 aromatic rings. The number of rotatable bonds is 4. The van der Waals surface area contributed by atoms with Crippen LogP contribution in [0.4, 0.5) is 4.79 Å². The third kappa shape index (κ3) is 3.91. The van der Waals surface area contributed by atoms with Crippen molar-refractivity contribution in [3.05, 3.63) is 0 Å². The van der Waals surface area contributed by atoms with Gasteiger partial charge < -0.3 is 25.1 Å². The van der Waals surface area contributed by atoms with Gasteiger partial charge in [0.25, 0.3) is 0 Å². The zero-order chi connectivity index (χ0) is 19.2. The Kier molecular flexibility index (Phi) is 5.37. The number of hydrogen-bond acceptors (Lipinski definition) is 6. The lowest BCUT2D eigenvalue weighted by atomic mass is 9.94. The van der Waals surface area contributed by atoms with Gasteiger partial charge in [0.15, 0.2) is 5.79 Å². The predicted molar refractivity (Wildman–Crippen MR) is 89.5 cm³/mol. The van der Waals surface area contributed by atoms with Crippen LogP contribution >= 0.6 is 0 Å². The number of carbonyl (C=O) groups excluding carboxylic acids is 2. The summed E-state index contributed by atoms with van der Waals surface area (Å²) in [6, 6.07) is -1.07. The zero-order valence-electron chi connectivity index (χ0n) is 15.8. The van der Waals surface area contributed by atoms with Crippen LogP contribution in [0.25, 0.3) is 0 Å². The van der Waals surface area contributed by atoms with Crippen molar-refractivity contribution in [3.63, 3.8) is 0 Å². The lowest BCUT2D eigenvalue weighted by Gasteiger charge is -2.37. The standard InChI is InChI=1S/C17H30N2O6/c1-7-10-12-13(24-17(5,6)23-12)11(9(8-20)14(18)21)19(10)15(22)25-16(2,3)4/h9-13,20H,7-8H2,1-6H3,(H2,18,21)/t9?,10-,11?,12-,13+/m1/s1. The van der Waals surface area contributed by atoms with Crippen LogP contribution in [-0.2, 0) is 19.0 Å². The highest BCUT2D eigenvalue weighted by molar-refractivity contribution is 5.79. The van der Waals surface area contributed by atoms with E-state index in [1.54, 1.807) is 34.6 Å². The van der Waals surface area contributed by atoms with Crippen molar-refractivity contribution in [2.24, 2.45) is 11.7 Å². The number of likely N-dealkylation sites (tertiary alicyclic amines) is 1. The van der Waals surface area contributed by atoms with E-state index >= 15 is 0 Å². The second-order valence-electron chi connectivity index (χ2n) is 8.11. The summed E-state index contributed by atoms with van der Waals surface area (Å²) in [5.41, 5.74) is 4.79. The molecule has 0 aliphatic carbocycles. The van der Waals surface area contributed by atoms with Gasteiger partial charge >= 0.3 is 6.09 Å². The smallest absolute Gasteiger partial charge is 0.410 e. The molecule has 0 spiro atoms. The maximum Gasteiger partial charge on any atom is 0.410 e. The first kappa shape index (κ1) is 19.9. The summed E-state index contributed by atoms with van der Waals surface area (Å²) in [5.74, 6) is -2.49. The van der Waals surface area contributed by atoms with Crippen molar-refractivity contribution in [2.45, 2.75) is 83.6 Å². The van der Waals surface area contributed by atoms with Gasteiger partial charge in [-0.15, -0.1) is 0 Å². The first-order valence-corrected chi connectivity index (χ1v) is 8.69. The Bertz CT molecular complexity index is 530. The molecule has 0 radical (unpaired) electrons. The molecule has 8 nitrogen and oxygen atoms in total. The molecule has 8 heteroatoms. The summed E-state index contributed by atoms with van der Waals surface area (Å²) in [4.78, 5) is 26.2. The molecule has 3 N–H and O–H groups in total. The van der Waals surface area contributed by atoms with E-state index in [1.165, 1.54) is 4.90 Å². The molecule has 2 unspecified atom stereocenters. The third-order valence-electron chi connectivity index (χ3n) is 4.55. The summed E-state index contributed by atoms with van der Waals surface area (Å²) in [6.45, 7) is 10.3. The molecule has 0 saturated carbocycles. The van der Waals surface area contributed by atoms with Gasteiger partial charge in [0.1, 0.15) is 17.8 Å². The molecule has 2 heterocycles. The lowest BCUT2D eigenvalue weighted by Crippen LogP contribution is -2.54. The quantitative estimate of drug-likeness (QED) is 0.775. The fourth-order valence-electron chi connectivity index (χ4n) is 3.71. The first-order chi connectivity index (χ1) is 11.4. The van der Waals surface area contributed by atoms with Gasteiger partial charge in [0.05, 0.1) is 24.6 Å². The van der Waals surface area contributed by atoms with Gasteiger partial charge in [-0.3, -0.25) is 9.69 Å². The maximum atomic E-state index is 12.8. The summed E-state index contributed by atoms with van der Waals surface area (Å²) in [5, 5.41) is 9.72. The number of nitrogens with zero attached hydrogens (tertiary/aromatic N) is 1. The predicted octanol–water partition coefficient (Wildman–Crippen LogP) is 0.998. The van der Waals surface area contributed by atoms with Crippen LogP contribution in [0, 0.1) is 5.92 Å². The molecule has 2 rings (SSSR count). The molecule has 0 aromatic carbocycles. The van der Waals surface area contributed by atoms with Crippen molar-refractivity contribution >= 4 is 12.0 Å². The highest BCUT2D eigenvalue weighted by Crippen LogP contribution is 2.44. The number of aliphatic hydroxyl groups is 1. The van der Waals surface area contributed by atoms with Crippen LogP contribution in [0.1, 0.15) is 48.0 Å². The number of hydrogen-bond donors (Lipinski definition) is 2. The Labute approximate surface area is 148 Å². The highest BCUT2D eigenvalue weighted by Gasteiger charge is 2.61. The average molecular weight is 358 g/mol. The third-order valence-corrected chi connectivity index (χ3v) is 4.55. The van der Waals surface area contributed by atoms with Gasteiger partial charge in [-0.05, 0) is 41.0 Å². The van der Waals surface area contributed by atoms with E-state index in [4.69, 9.17) is 19.9 Å². The van der Waals surface area contributed by atoms with E-state index < -0.39 is 54.2 Å². The van der Waals surface area contributed by atoms with Crippen molar-refractivity contribution in [1.29, 1.82) is 0 Å². The van der Waals surface area contributed by atoms with Gasteiger partial charge in [-0.1, -0.05) is 6.92 Å². The molecule has 2 saturated heterocycles. The van der Waals surface area contributed by atoms with Crippen LogP contribution in [0.15, 0.2) is 0 Å². The Hall–Kier alpha value is -1.38. The minimum atomic E-state index is -0.964. The summed E-state index contributed by atoms with van der Waals surface area (Å²) >= 11 is 0. The van der Waals surface area contributed by atoms with Crippen molar-refractivity contribution < 1.29 is 28.9 Å². The van der Waals surface area contributed by atoms with E-state index in [9.17, 15) is 14.7 Å². The van der Waals surface area contributed by atoms with Gasteiger partial charge in [0, 0.05) is 0 Å². The number of carbonyl (C=O) groups is 2. The van der Waals surface area contributed by atoms with E-state index in [2.05, 4.69) is 0 Å². The van der Waals surface area contributed by atoms with Gasteiger partial charge in [-0.25, -0.2) is 4.79 Å². The largest absolute Gasteiger partial charge is 0.444 e. The number of fused-ring (bicyclic) bond motifs is 1. The molecule has 2 aliphatic rings. The lowest BCUT2D eigenvalue weighted by molar-refractivity contribution is -0.171. The molecular weight excluding hydrogens is 328 g/mol. The Balaban J connectivity index is 2.43. The van der Waals surface area contributed by atoms with Crippen LogP contribution in [0.3, 0.4) is 0 Å². The molecule has 2 aliphatic heterocycles. The van der Waals surface area contributed by atoms with E-state index in [0.717, 1.165) is 0 Å². The second kappa shape index (κ2) is 6.74. The van der Waals surface area contributed by atoms with Crippen molar-refractivity contribution in [1.82, 2.24) is 4.90 Å². The monoisotopic (exact) mass is 358 g/mol. The fraction of sp³-hybridized carbons (Fsp3) is 0.882. The van der Waals surface area contributed by atoms with Crippen molar-refractivity contribution in [3.8, 4) is 0 Å².